The van der Waals surface area contributed by atoms with Gasteiger partial charge < -0.3 is 4.90 Å². The normalized spacial score (nSPS) is 10.7. The first-order valence-electron chi connectivity index (χ1n) is 7.26. The molecular weight excluding hydrogens is 279 g/mol. The van der Waals surface area contributed by atoms with Crippen LogP contribution in [0.15, 0.2) is 54.6 Å². The largest absolute Gasteiger partial charge is 0.340 e. The molecule has 3 nitrogen and oxygen atoms in total. The van der Waals surface area contributed by atoms with Crippen molar-refractivity contribution in [3.63, 3.8) is 0 Å². The summed E-state index contributed by atoms with van der Waals surface area (Å²) >= 11 is 0. The Bertz CT molecular complexity index is 615. The Kier molecular flexibility index (Phi) is 5.67. The van der Waals surface area contributed by atoms with Crippen LogP contribution in [0.25, 0.3) is 0 Å². The Morgan fingerprint density at radius 3 is 2.27 bits per heavy atom. The van der Waals surface area contributed by atoms with E-state index in [2.05, 4.69) is 0 Å². The molecular formula is C18H21FN2O. The lowest BCUT2D eigenvalue weighted by atomic mass is 10.2. The third-order valence-corrected chi connectivity index (χ3v) is 3.49. The van der Waals surface area contributed by atoms with Gasteiger partial charge in [0.25, 0.3) is 0 Å². The van der Waals surface area contributed by atoms with Gasteiger partial charge in [0.05, 0.1) is 6.54 Å². The van der Waals surface area contributed by atoms with Gasteiger partial charge in [-0.1, -0.05) is 48.5 Å². The fraction of sp³-hybridized carbons (Fsp3) is 0.278. The zero-order valence-electron chi connectivity index (χ0n) is 13.0. The van der Waals surface area contributed by atoms with Gasteiger partial charge in [0, 0.05) is 25.7 Å². The van der Waals surface area contributed by atoms with Crippen molar-refractivity contribution in [2.75, 3.05) is 20.6 Å². The lowest BCUT2D eigenvalue weighted by Crippen LogP contribution is -2.36. The third kappa shape index (κ3) is 4.67. The Labute approximate surface area is 131 Å². The maximum atomic E-state index is 13.6. The van der Waals surface area contributed by atoms with Crippen LogP contribution < -0.4 is 0 Å². The zero-order valence-corrected chi connectivity index (χ0v) is 13.0. The molecule has 0 bridgehead atoms. The smallest absolute Gasteiger partial charge is 0.236 e. The molecule has 0 N–H and O–H groups in total. The number of nitrogens with zero attached hydrogens (tertiary/aromatic N) is 2. The number of halogens is 1. The molecule has 0 spiro atoms. The van der Waals surface area contributed by atoms with E-state index in [0.717, 1.165) is 5.56 Å². The quantitative estimate of drug-likeness (QED) is 0.819. The summed E-state index contributed by atoms with van der Waals surface area (Å²) in [4.78, 5) is 15.7. The maximum absolute atomic E-state index is 13.6. The van der Waals surface area contributed by atoms with E-state index >= 15 is 0 Å². The zero-order chi connectivity index (χ0) is 15.9. The summed E-state index contributed by atoms with van der Waals surface area (Å²) in [5.74, 6) is -0.304. The third-order valence-electron chi connectivity index (χ3n) is 3.49. The fourth-order valence-corrected chi connectivity index (χ4v) is 2.27. The number of benzene rings is 2. The minimum atomic E-state index is -0.278. The molecule has 0 saturated carbocycles. The predicted molar refractivity (Wildman–Crippen MR) is 85.7 cm³/mol. The molecule has 4 heteroatoms. The van der Waals surface area contributed by atoms with Crippen molar-refractivity contribution < 1.29 is 9.18 Å². The second kappa shape index (κ2) is 7.71. The first-order valence-corrected chi connectivity index (χ1v) is 7.26. The molecule has 0 aliphatic heterocycles. The Hall–Kier alpha value is -2.20. The molecule has 22 heavy (non-hydrogen) atoms. The van der Waals surface area contributed by atoms with Gasteiger partial charge in [0.2, 0.25) is 5.91 Å². The highest BCUT2D eigenvalue weighted by atomic mass is 19.1. The van der Waals surface area contributed by atoms with Crippen molar-refractivity contribution in [3.8, 4) is 0 Å². The Morgan fingerprint density at radius 1 is 0.955 bits per heavy atom. The standard InChI is InChI=1S/C18H21FN2O/c1-20(12-15-8-4-3-5-9-15)14-18(22)21(2)13-16-10-6-7-11-17(16)19/h3-11H,12-14H2,1-2H3. The lowest BCUT2D eigenvalue weighted by Gasteiger charge is -2.22. The molecule has 0 aliphatic carbocycles. The Balaban J connectivity index is 1.87. The first-order chi connectivity index (χ1) is 10.6. The van der Waals surface area contributed by atoms with E-state index in [1.807, 2.05) is 42.3 Å². The summed E-state index contributed by atoms with van der Waals surface area (Å²) in [5, 5.41) is 0. The highest BCUT2D eigenvalue weighted by Crippen LogP contribution is 2.09. The van der Waals surface area contributed by atoms with E-state index in [9.17, 15) is 9.18 Å². The summed E-state index contributed by atoms with van der Waals surface area (Å²) < 4.78 is 13.6. The average molecular weight is 300 g/mol. The van der Waals surface area contributed by atoms with Crippen LogP contribution in [0.1, 0.15) is 11.1 Å². The van der Waals surface area contributed by atoms with Crippen LogP contribution >= 0.6 is 0 Å². The highest BCUT2D eigenvalue weighted by molar-refractivity contribution is 5.77. The summed E-state index contributed by atoms with van der Waals surface area (Å²) in [6.07, 6.45) is 0. The SMILES string of the molecule is CN(CC(=O)N(C)Cc1ccccc1F)Cc1ccccc1. The molecule has 2 aromatic carbocycles. The van der Waals surface area contributed by atoms with Crippen LogP contribution in [0.5, 0.6) is 0 Å². The van der Waals surface area contributed by atoms with Crippen molar-refractivity contribution in [1.82, 2.24) is 9.80 Å². The summed E-state index contributed by atoms with van der Waals surface area (Å²) in [7, 11) is 3.60. The summed E-state index contributed by atoms with van der Waals surface area (Å²) in [6, 6.07) is 16.5. The molecule has 0 atom stereocenters. The van der Waals surface area contributed by atoms with Crippen LogP contribution in [0.3, 0.4) is 0 Å². The van der Waals surface area contributed by atoms with Crippen LogP contribution in [0.2, 0.25) is 0 Å². The Morgan fingerprint density at radius 2 is 1.59 bits per heavy atom. The highest BCUT2D eigenvalue weighted by Gasteiger charge is 2.13. The van der Waals surface area contributed by atoms with Gasteiger partial charge >= 0.3 is 0 Å². The van der Waals surface area contributed by atoms with E-state index in [4.69, 9.17) is 0 Å². The van der Waals surface area contributed by atoms with E-state index in [1.165, 1.54) is 6.07 Å². The number of carbonyl (C=O) groups is 1. The molecule has 1 amide bonds. The number of hydrogen-bond donors (Lipinski definition) is 0. The summed E-state index contributed by atoms with van der Waals surface area (Å²) in [5.41, 5.74) is 1.69. The van der Waals surface area contributed by atoms with Gasteiger partial charge in [-0.2, -0.15) is 0 Å². The van der Waals surface area contributed by atoms with Gasteiger partial charge in [-0.05, 0) is 18.7 Å². The molecule has 2 rings (SSSR count). The number of amides is 1. The monoisotopic (exact) mass is 300 g/mol. The van der Waals surface area contributed by atoms with Gasteiger partial charge in [-0.3, -0.25) is 9.69 Å². The second-order valence-corrected chi connectivity index (χ2v) is 5.50. The molecule has 0 saturated heterocycles. The first kappa shape index (κ1) is 16.2. The van der Waals surface area contributed by atoms with Crippen LogP contribution in [-0.2, 0) is 17.9 Å². The van der Waals surface area contributed by atoms with E-state index in [1.54, 1.807) is 30.1 Å². The molecule has 0 fully saturated rings. The number of carbonyl (C=O) groups excluding carboxylic acids is 1. The average Bonchev–Trinajstić information content (AvgIpc) is 2.50. The van der Waals surface area contributed by atoms with E-state index < -0.39 is 0 Å². The minimum Gasteiger partial charge on any atom is -0.340 e. The minimum absolute atomic E-state index is 0.0262. The van der Waals surface area contributed by atoms with E-state index in [-0.39, 0.29) is 18.3 Å². The van der Waals surface area contributed by atoms with Gasteiger partial charge in [0.15, 0.2) is 0 Å². The molecule has 116 valence electrons. The van der Waals surface area contributed by atoms with Crippen molar-refractivity contribution in [1.29, 1.82) is 0 Å². The van der Waals surface area contributed by atoms with Crippen LogP contribution in [-0.4, -0.2) is 36.3 Å². The fourth-order valence-electron chi connectivity index (χ4n) is 2.27. The van der Waals surface area contributed by atoms with Gasteiger partial charge in [0.1, 0.15) is 5.82 Å². The van der Waals surface area contributed by atoms with Crippen LogP contribution in [0.4, 0.5) is 4.39 Å². The van der Waals surface area contributed by atoms with Gasteiger partial charge in [-0.15, -0.1) is 0 Å². The molecule has 2 aromatic rings. The number of likely N-dealkylation sites (N-methyl/N-ethyl adjacent to an activating group) is 2. The lowest BCUT2D eigenvalue weighted by molar-refractivity contribution is -0.131. The topological polar surface area (TPSA) is 23.6 Å². The molecule has 0 heterocycles. The second-order valence-electron chi connectivity index (χ2n) is 5.50. The maximum Gasteiger partial charge on any atom is 0.236 e. The van der Waals surface area contributed by atoms with Crippen molar-refractivity contribution in [3.05, 3.63) is 71.5 Å². The van der Waals surface area contributed by atoms with Crippen molar-refractivity contribution in [2.45, 2.75) is 13.1 Å². The van der Waals surface area contributed by atoms with E-state index in [0.29, 0.717) is 18.7 Å². The number of rotatable bonds is 6. The molecule has 0 aliphatic rings. The number of hydrogen-bond acceptors (Lipinski definition) is 2. The van der Waals surface area contributed by atoms with Crippen molar-refractivity contribution >= 4 is 5.91 Å². The van der Waals surface area contributed by atoms with Crippen molar-refractivity contribution in [2.24, 2.45) is 0 Å². The molecule has 0 radical (unpaired) electrons. The summed E-state index contributed by atoms with van der Waals surface area (Å²) in [6.45, 7) is 1.30. The molecule has 0 unspecified atom stereocenters. The van der Waals surface area contributed by atoms with Gasteiger partial charge in [-0.25, -0.2) is 4.39 Å². The molecule has 0 aromatic heterocycles. The predicted octanol–water partition coefficient (Wildman–Crippen LogP) is 2.92. The van der Waals surface area contributed by atoms with Crippen LogP contribution in [0, 0.1) is 5.82 Å².